The zero-order valence-electron chi connectivity index (χ0n) is 17.2. The summed E-state index contributed by atoms with van der Waals surface area (Å²) >= 11 is 6.36. The van der Waals surface area contributed by atoms with Gasteiger partial charge in [-0.2, -0.15) is 0 Å². The number of rotatable bonds is 6. The maximum atomic E-state index is 12.2. The van der Waals surface area contributed by atoms with E-state index in [-0.39, 0.29) is 35.9 Å². The molecule has 1 aromatic carbocycles. The first-order chi connectivity index (χ1) is 12.9. The highest BCUT2D eigenvalue weighted by atomic mass is 127. The Morgan fingerprint density at radius 2 is 2.04 bits per heavy atom. The predicted molar refractivity (Wildman–Crippen MR) is 129 cm³/mol. The molecule has 8 heteroatoms. The summed E-state index contributed by atoms with van der Waals surface area (Å²) in [7, 11) is 1.75. The molecule has 0 saturated carbocycles. The van der Waals surface area contributed by atoms with E-state index in [9.17, 15) is 4.79 Å². The zero-order chi connectivity index (χ0) is 19.9. The fraction of sp³-hybridized carbons (Fsp3) is 0.600. The molecular formula is C20H33ClIN5O. The molecule has 158 valence electrons. The minimum atomic E-state index is -0.510. The van der Waals surface area contributed by atoms with Gasteiger partial charge in [-0.1, -0.05) is 23.7 Å². The molecule has 1 atom stereocenters. The molecule has 0 bridgehead atoms. The molecule has 1 heterocycles. The molecule has 1 amide bonds. The highest BCUT2D eigenvalue weighted by Crippen LogP contribution is 2.27. The SMILES string of the molecule is CCNC(=O)C(C)(C)CNC(=NC)NC1CCCN(c2ccccc2Cl)C1.I. The maximum absolute atomic E-state index is 12.2. The van der Waals surface area contributed by atoms with E-state index in [1.54, 1.807) is 7.05 Å². The van der Waals surface area contributed by atoms with Crippen LogP contribution in [0.4, 0.5) is 5.69 Å². The quantitative estimate of drug-likeness (QED) is 0.305. The van der Waals surface area contributed by atoms with Crippen molar-refractivity contribution in [3.63, 3.8) is 0 Å². The summed E-state index contributed by atoms with van der Waals surface area (Å²) < 4.78 is 0. The molecule has 3 N–H and O–H groups in total. The molecule has 0 radical (unpaired) electrons. The molecule has 0 aromatic heterocycles. The smallest absolute Gasteiger partial charge is 0.227 e. The van der Waals surface area contributed by atoms with Crippen LogP contribution in [0.5, 0.6) is 0 Å². The number of nitrogens with zero attached hydrogens (tertiary/aromatic N) is 2. The van der Waals surface area contributed by atoms with E-state index in [1.165, 1.54) is 0 Å². The predicted octanol–water partition coefficient (Wildman–Crippen LogP) is 3.25. The van der Waals surface area contributed by atoms with Gasteiger partial charge in [-0.3, -0.25) is 9.79 Å². The lowest BCUT2D eigenvalue weighted by molar-refractivity contribution is -0.128. The van der Waals surface area contributed by atoms with Gasteiger partial charge in [0.1, 0.15) is 0 Å². The van der Waals surface area contributed by atoms with Gasteiger partial charge in [0.05, 0.1) is 16.1 Å². The van der Waals surface area contributed by atoms with E-state index < -0.39 is 5.41 Å². The van der Waals surface area contributed by atoms with E-state index in [0.717, 1.165) is 42.6 Å². The normalized spacial score (nSPS) is 17.5. The summed E-state index contributed by atoms with van der Waals surface area (Å²) in [5.74, 6) is 0.758. The summed E-state index contributed by atoms with van der Waals surface area (Å²) in [6.07, 6.45) is 2.16. The number of guanidine groups is 1. The summed E-state index contributed by atoms with van der Waals surface area (Å²) in [4.78, 5) is 18.8. The molecule has 0 spiro atoms. The van der Waals surface area contributed by atoms with Gasteiger partial charge in [-0.15, -0.1) is 24.0 Å². The molecule has 0 aliphatic carbocycles. The van der Waals surface area contributed by atoms with Crippen molar-refractivity contribution in [2.45, 2.75) is 39.7 Å². The number of hydrogen-bond donors (Lipinski definition) is 3. The number of amides is 1. The molecule has 1 aromatic rings. The summed E-state index contributed by atoms with van der Waals surface area (Å²) in [6, 6.07) is 8.23. The highest BCUT2D eigenvalue weighted by Gasteiger charge is 2.28. The average Bonchev–Trinajstić information content (AvgIpc) is 2.66. The van der Waals surface area contributed by atoms with E-state index in [2.05, 4.69) is 31.9 Å². The van der Waals surface area contributed by atoms with Crippen molar-refractivity contribution < 1.29 is 4.79 Å². The topological polar surface area (TPSA) is 68.8 Å². The molecular weight excluding hydrogens is 489 g/mol. The molecule has 1 aliphatic rings. The summed E-state index contributed by atoms with van der Waals surface area (Å²) in [6.45, 7) is 8.79. The Morgan fingerprint density at radius 3 is 2.68 bits per heavy atom. The number of nitrogens with one attached hydrogen (secondary N) is 3. The lowest BCUT2D eigenvalue weighted by Gasteiger charge is -2.36. The van der Waals surface area contributed by atoms with Gasteiger partial charge in [-0.25, -0.2) is 0 Å². The number of halogens is 2. The van der Waals surface area contributed by atoms with E-state index >= 15 is 0 Å². The Morgan fingerprint density at radius 1 is 1.32 bits per heavy atom. The van der Waals surface area contributed by atoms with Crippen LogP contribution in [-0.4, -0.2) is 51.1 Å². The number of carbonyl (C=O) groups is 1. The fourth-order valence-corrected chi connectivity index (χ4v) is 3.45. The molecule has 1 saturated heterocycles. The Bertz CT molecular complexity index is 668. The molecule has 1 fully saturated rings. The van der Waals surface area contributed by atoms with Gasteiger partial charge >= 0.3 is 0 Å². The minimum absolute atomic E-state index is 0. The monoisotopic (exact) mass is 521 g/mol. The van der Waals surface area contributed by atoms with Crippen molar-refractivity contribution in [1.29, 1.82) is 0 Å². The molecule has 1 aliphatic heterocycles. The van der Waals surface area contributed by atoms with Gasteiger partial charge in [0.15, 0.2) is 5.96 Å². The maximum Gasteiger partial charge on any atom is 0.227 e. The van der Waals surface area contributed by atoms with Gasteiger partial charge in [-0.05, 0) is 45.7 Å². The van der Waals surface area contributed by atoms with Gasteiger partial charge < -0.3 is 20.9 Å². The summed E-state index contributed by atoms with van der Waals surface area (Å²) in [5, 5.41) is 10.4. The second-order valence-electron chi connectivity index (χ2n) is 7.55. The van der Waals surface area contributed by atoms with Crippen LogP contribution < -0.4 is 20.9 Å². The highest BCUT2D eigenvalue weighted by molar-refractivity contribution is 14.0. The Labute approximate surface area is 190 Å². The summed E-state index contributed by atoms with van der Waals surface area (Å²) in [5.41, 5.74) is 0.565. The van der Waals surface area contributed by atoms with Gasteiger partial charge in [0.2, 0.25) is 5.91 Å². The number of aliphatic imine (C=N–C) groups is 1. The standard InChI is InChI=1S/C20H32ClN5O.HI/c1-5-23-18(27)20(2,3)14-24-19(22-4)25-15-9-8-12-26(13-15)17-11-7-6-10-16(17)21;/h6-7,10-11,15H,5,8-9,12-14H2,1-4H3,(H,23,27)(H2,22,24,25);1H. The van der Waals surface area contributed by atoms with E-state index in [4.69, 9.17) is 11.6 Å². The van der Waals surface area contributed by atoms with Crippen LogP contribution in [-0.2, 0) is 4.79 Å². The van der Waals surface area contributed by atoms with Crippen LogP contribution in [0.2, 0.25) is 5.02 Å². The van der Waals surface area contributed by atoms with Crippen molar-refractivity contribution in [2.24, 2.45) is 10.4 Å². The number of benzene rings is 1. The third-order valence-electron chi connectivity index (χ3n) is 4.83. The lowest BCUT2D eigenvalue weighted by Crippen LogP contribution is -2.53. The van der Waals surface area contributed by atoms with Gasteiger partial charge in [0.25, 0.3) is 0 Å². The Balaban J connectivity index is 0.00000392. The fourth-order valence-electron chi connectivity index (χ4n) is 3.19. The third kappa shape index (κ3) is 6.99. The van der Waals surface area contributed by atoms with Crippen molar-refractivity contribution in [1.82, 2.24) is 16.0 Å². The lowest BCUT2D eigenvalue weighted by atomic mass is 9.92. The van der Waals surface area contributed by atoms with Crippen LogP contribution in [0.1, 0.15) is 33.6 Å². The van der Waals surface area contributed by atoms with E-state index in [0.29, 0.717) is 13.1 Å². The molecule has 1 unspecified atom stereocenters. The Kier molecular flexibility index (Phi) is 10.4. The second kappa shape index (κ2) is 11.7. The number of hydrogen-bond acceptors (Lipinski definition) is 3. The van der Waals surface area contributed by atoms with E-state index in [1.807, 2.05) is 39.0 Å². The van der Waals surface area contributed by atoms with Crippen molar-refractivity contribution in [2.75, 3.05) is 38.1 Å². The Hall–Kier alpha value is -1.22. The first-order valence-electron chi connectivity index (χ1n) is 9.62. The van der Waals surface area contributed by atoms with Crippen LogP contribution in [0.25, 0.3) is 0 Å². The largest absolute Gasteiger partial charge is 0.368 e. The first kappa shape index (κ1) is 24.8. The molecule has 28 heavy (non-hydrogen) atoms. The average molecular weight is 522 g/mol. The second-order valence-corrected chi connectivity index (χ2v) is 7.96. The first-order valence-corrected chi connectivity index (χ1v) is 10.00. The molecule has 2 rings (SSSR count). The number of anilines is 1. The number of carbonyl (C=O) groups excluding carboxylic acids is 1. The van der Waals surface area contributed by atoms with Crippen molar-refractivity contribution >= 4 is 53.1 Å². The third-order valence-corrected chi connectivity index (χ3v) is 5.15. The van der Waals surface area contributed by atoms with Gasteiger partial charge in [0, 0.05) is 39.3 Å². The van der Waals surface area contributed by atoms with Crippen molar-refractivity contribution in [3.05, 3.63) is 29.3 Å². The number of piperidine rings is 1. The zero-order valence-corrected chi connectivity index (χ0v) is 20.3. The molecule has 6 nitrogen and oxygen atoms in total. The van der Waals surface area contributed by atoms with Crippen LogP contribution in [0, 0.1) is 5.41 Å². The van der Waals surface area contributed by atoms with Crippen LogP contribution in [0.3, 0.4) is 0 Å². The van der Waals surface area contributed by atoms with Crippen molar-refractivity contribution in [3.8, 4) is 0 Å². The van der Waals surface area contributed by atoms with Crippen LogP contribution in [0.15, 0.2) is 29.3 Å². The number of para-hydroxylation sites is 1. The minimum Gasteiger partial charge on any atom is -0.368 e. The van der Waals surface area contributed by atoms with Crippen LogP contribution >= 0.6 is 35.6 Å².